The maximum atomic E-state index is 12.1. The standard InChI is InChI=1S/C12H16N2O/c1-12(2,3)14-8-6-9-5-4-7-13-10(9)11(14)15/h4-5,7H,6,8H2,1-3H3. The molecule has 0 spiro atoms. The molecule has 2 heterocycles. The number of nitrogens with zero attached hydrogens (tertiary/aromatic N) is 2. The molecule has 1 aromatic rings. The Bertz CT molecular complexity index is 393. The van der Waals surface area contributed by atoms with Crippen LogP contribution in [0.15, 0.2) is 18.3 Å². The zero-order chi connectivity index (χ0) is 11.1. The number of carbonyl (C=O) groups excluding carboxylic acids is 1. The van der Waals surface area contributed by atoms with E-state index in [1.165, 1.54) is 0 Å². The van der Waals surface area contributed by atoms with Crippen molar-refractivity contribution >= 4 is 5.91 Å². The van der Waals surface area contributed by atoms with Crippen molar-refractivity contribution in [2.45, 2.75) is 32.7 Å². The summed E-state index contributed by atoms with van der Waals surface area (Å²) in [6, 6.07) is 3.87. The summed E-state index contributed by atoms with van der Waals surface area (Å²) < 4.78 is 0. The first-order valence-electron chi connectivity index (χ1n) is 5.26. The molecule has 1 aliphatic rings. The third-order valence-corrected chi connectivity index (χ3v) is 2.75. The number of fused-ring (bicyclic) bond motifs is 1. The van der Waals surface area contributed by atoms with Crippen LogP contribution in [0.1, 0.15) is 36.8 Å². The number of aromatic nitrogens is 1. The second-order valence-electron chi connectivity index (χ2n) is 4.89. The fourth-order valence-corrected chi connectivity index (χ4v) is 1.93. The highest BCUT2D eigenvalue weighted by Crippen LogP contribution is 2.23. The Morgan fingerprint density at radius 3 is 2.80 bits per heavy atom. The van der Waals surface area contributed by atoms with Gasteiger partial charge in [-0.15, -0.1) is 0 Å². The van der Waals surface area contributed by atoms with Gasteiger partial charge in [-0.05, 0) is 38.8 Å². The Labute approximate surface area is 90.1 Å². The fraction of sp³-hybridized carbons (Fsp3) is 0.500. The molecule has 1 amide bonds. The average molecular weight is 204 g/mol. The lowest BCUT2D eigenvalue weighted by Crippen LogP contribution is -2.49. The molecule has 0 aromatic carbocycles. The molecular formula is C12H16N2O. The van der Waals surface area contributed by atoms with Gasteiger partial charge in [0.15, 0.2) is 0 Å². The van der Waals surface area contributed by atoms with E-state index < -0.39 is 0 Å². The van der Waals surface area contributed by atoms with Crippen LogP contribution < -0.4 is 0 Å². The first kappa shape index (κ1) is 10.1. The quantitative estimate of drug-likeness (QED) is 0.646. The van der Waals surface area contributed by atoms with Crippen LogP contribution >= 0.6 is 0 Å². The van der Waals surface area contributed by atoms with Crippen molar-refractivity contribution in [2.75, 3.05) is 6.54 Å². The van der Waals surface area contributed by atoms with Gasteiger partial charge in [-0.1, -0.05) is 6.07 Å². The molecule has 0 bridgehead atoms. The molecular weight excluding hydrogens is 188 g/mol. The monoisotopic (exact) mass is 204 g/mol. The molecule has 0 radical (unpaired) electrons. The van der Waals surface area contributed by atoms with E-state index in [2.05, 4.69) is 25.8 Å². The Morgan fingerprint density at radius 1 is 1.40 bits per heavy atom. The zero-order valence-corrected chi connectivity index (χ0v) is 9.45. The van der Waals surface area contributed by atoms with Crippen LogP contribution in [0.3, 0.4) is 0 Å². The Balaban J connectivity index is 2.38. The van der Waals surface area contributed by atoms with Crippen molar-refractivity contribution < 1.29 is 4.79 Å². The number of rotatable bonds is 0. The Kier molecular flexibility index (Phi) is 2.25. The second kappa shape index (κ2) is 3.33. The minimum absolute atomic E-state index is 0.0596. The molecule has 0 saturated carbocycles. The normalized spacial score (nSPS) is 16.5. The van der Waals surface area contributed by atoms with Crippen LogP contribution in [0.5, 0.6) is 0 Å². The lowest BCUT2D eigenvalue weighted by Gasteiger charge is -2.38. The maximum absolute atomic E-state index is 12.1. The molecule has 15 heavy (non-hydrogen) atoms. The van der Waals surface area contributed by atoms with Gasteiger partial charge in [-0.2, -0.15) is 0 Å². The van der Waals surface area contributed by atoms with E-state index >= 15 is 0 Å². The topological polar surface area (TPSA) is 33.2 Å². The molecule has 0 N–H and O–H groups in total. The molecule has 3 nitrogen and oxygen atoms in total. The summed E-state index contributed by atoms with van der Waals surface area (Å²) in [4.78, 5) is 18.2. The largest absolute Gasteiger partial charge is 0.332 e. The molecule has 80 valence electrons. The average Bonchev–Trinajstić information content (AvgIpc) is 2.16. The minimum Gasteiger partial charge on any atom is -0.332 e. The lowest BCUT2D eigenvalue weighted by molar-refractivity contribution is 0.0554. The Morgan fingerprint density at radius 2 is 2.13 bits per heavy atom. The van der Waals surface area contributed by atoms with Crippen molar-refractivity contribution in [3.8, 4) is 0 Å². The summed E-state index contributed by atoms with van der Waals surface area (Å²) in [7, 11) is 0. The van der Waals surface area contributed by atoms with E-state index in [-0.39, 0.29) is 11.4 Å². The van der Waals surface area contributed by atoms with Crippen molar-refractivity contribution in [1.29, 1.82) is 0 Å². The number of pyridine rings is 1. The van der Waals surface area contributed by atoms with Crippen molar-refractivity contribution in [3.63, 3.8) is 0 Å². The van der Waals surface area contributed by atoms with Gasteiger partial charge >= 0.3 is 0 Å². The van der Waals surface area contributed by atoms with E-state index in [9.17, 15) is 4.79 Å². The van der Waals surface area contributed by atoms with Crippen LogP contribution in [-0.2, 0) is 6.42 Å². The van der Waals surface area contributed by atoms with Gasteiger partial charge < -0.3 is 4.90 Å². The third kappa shape index (κ3) is 1.74. The number of amides is 1. The van der Waals surface area contributed by atoms with Crippen LogP contribution in [0.25, 0.3) is 0 Å². The summed E-state index contributed by atoms with van der Waals surface area (Å²) in [5.41, 5.74) is 1.58. The molecule has 3 heteroatoms. The van der Waals surface area contributed by atoms with E-state index in [1.54, 1.807) is 6.20 Å². The Hall–Kier alpha value is -1.38. The smallest absolute Gasteiger partial charge is 0.273 e. The van der Waals surface area contributed by atoms with Gasteiger partial charge in [0, 0.05) is 18.3 Å². The fourth-order valence-electron chi connectivity index (χ4n) is 1.93. The third-order valence-electron chi connectivity index (χ3n) is 2.75. The summed E-state index contributed by atoms with van der Waals surface area (Å²) >= 11 is 0. The van der Waals surface area contributed by atoms with Crippen LogP contribution in [0.2, 0.25) is 0 Å². The summed E-state index contributed by atoms with van der Waals surface area (Å²) in [5, 5.41) is 0. The molecule has 0 unspecified atom stereocenters. The van der Waals surface area contributed by atoms with Crippen molar-refractivity contribution in [2.24, 2.45) is 0 Å². The van der Waals surface area contributed by atoms with E-state index in [0.717, 1.165) is 18.5 Å². The summed E-state index contributed by atoms with van der Waals surface area (Å²) in [6.07, 6.45) is 2.59. The van der Waals surface area contributed by atoms with Gasteiger partial charge in [-0.25, -0.2) is 0 Å². The van der Waals surface area contributed by atoms with E-state index in [1.807, 2.05) is 17.0 Å². The highest BCUT2D eigenvalue weighted by atomic mass is 16.2. The number of hydrogen-bond acceptors (Lipinski definition) is 2. The minimum atomic E-state index is -0.119. The van der Waals surface area contributed by atoms with Gasteiger partial charge in [0.05, 0.1) is 0 Å². The predicted molar refractivity (Wildman–Crippen MR) is 58.7 cm³/mol. The van der Waals surface area contributed by atoms with Crippen LogP contribution in [0.4, 0.5) is 0 Å². The second-order valence-corrected chi connectivity index (χ2v) is 4.89. The van der Waals surface area contributed by atoms with E-state index in [0.29, 0.717) is 5.69 Å². The van der Waals surface area contributed by atoms with Gasteiger partial charge in [0.25, 0.3) is 5.91 Å². The zero-order valence-electron chi connectivity index (χ0n) is 9.45. The van der Waals surface area contributed by atoms with Gasteiger partial charge in [0.1, 0.15) is 5.69 Å². The van der Waals surface area contributed by atoms with Crippen LogP contribution in [0, 0.1) is 0 Å². The highest BCUT2D eigenvalue weighted by Gasteiger charge is 2.32. The summed E-state index contributed by atoms with van der Waals surface area (Å²) in [5.74, 6) is 0.0596. The number of carbonyl (C=O) groups is 1. The van der Waals surface area contributed by atoms with Gasteiger partial charge in [-0.3, -0.25) is 9.78 Å². The van der Waals surface area contributed by atoms with E-state index in [4.69, 9.17) is 0 Å². The first-order chi connectivity index (χ1) is 7.00. The molecule has 0 atom stereocenters. The van der Waals surface area contributed by atoms with Crippen LogP contribution in [-0.4, -0.2) is 27.9 Å². The van der Waals surface area contributed by atoms with Crippen molar-refractivity contribution in [1.82, 2.24) is 9.88 Å². The molecule has 1 aromatic heterocycles. The molecule has 1 aliphatic heterocycles. The highest BCUT2D eigenvalue weighted by molar-refractivity contribution is 5.95. The predicted octanol–water partition coefficient (Wildman–Crippen LogP) is 1.88. The SMILES string of the molecule is CC(C)(C)N1CCc2cccnc2C1=O. The molecule has 0 aliphatic carbocycles. The van der Waals surface area contributed by atoms with Crippen molar-refractivity contribution in [3.05, 3.63) is 29.6 Å². The maximum Gasteiger partial charge on any atom is 0.273 e. The first-order valence-corrected chi connectivity index (χ1v) is 5.26. The lowest BCUT2D eigenvalue weighted by atomic mass is 9.98. The van der Waals surface area contributed by atoms with Gasteiger partial charge in [0.2, 0.25) is 0 Å². The summed E-state index contributed by atoms with van der Waals surface area (Å²) in [6.45, 7) is 6.96. The molecule has 0 fully saturated rings. The molecule has 2 rings (SSSR count). The number of hydrogen-bond donors (Lipinski definition) is 0. The molecule has 0 saturated heterocycles.